The van der Waals surface area contributed by atoms with Crippen molar-refractivity contribution in [2.75, 3.05) is 0 Å². The van der Waals surface area contributed by atoms with Crippen LogP contribution in [-0.2, 0) is 13.1 Å². The van der Waals surface area contributed by atoms with E-state index in [0.717, 1.165) is 22.2 Å². The molecule has 26 heavy (non-hydrogen) atoms. The third-order valence-corrected chi connectivity index (χ3v) is 4.48. The number of carbonyl (C=O) groups is 1. The van der Waals surface area contributed by atoms with Gasteiger partial charge in [-0.2, -0.15) is 0 Å². The summed E-state index contributed by atoms with van der Waals surface area (Å²) in [4.78, 5) is 18.1. The highest BCUT2D eigenvalue weighted by atomic mass is 35.5. The summed E-state index contributed by atoms with van der Waals surface area (Å²) in [6.45, 7) is 0.896. The van der Waals surface area contributed by atoms with Crippen molar-refractivity contribution in [1.82, 2.24) is 9.88 Å². The number of furan rings is 1. The second-order valence-corrected chi connectivity index (χ2v) is 6.58. The van der Waals surface area contributed by atoms with Gasteiger partial charge in [-0.1, -0.05) is 41.9 Å². The van der Waals surface area contributed by atoms with Crippen molar-refractivity contribution in [3.05, 3.63) is 95.0 Å². The first kappa shape index (κ1) is 16.5. The molecule has 1 amide bonds. The van der Waals surface area contributed by atoms with Gasteiger partial charge in [-0.15, -0.1) is 0 Å². The van der Waals surface area contributed by atoms with Crippen molar-refractivity contribution >= 4 is 28.4 Å². The maximum absolute atomic E-state index is 13.2. The Morgan fingerprint density at radius 2 is 1.85 bits per heavy atom. The highest BCUT2D eigenvalue weighted by molar-refractivity contribution is 6.31. The van der Waals surface area contributed by atoms with E-state index in [-0.39, 0.29) is 5.91 Å². The van der Waals surface area contributed by atoms with Gasteiger partial charge in [0.1, 0.15) is 11.5 Å². The highest BCUT2D eigenvalue weighted by Gasteiger charge is 2.19. The topological polar surface area (TPSA) is 49.2 Å². The lowest BCUT2D eigenvalue weighted by Crippen LogP contribution is -2.30. The monoisotopic (exact) mass is 364 g/mol. The smallest absolute Gasteiger partial charge is 0.271 e. The Balaban J connectivity index is 1.65. The van der Waals surface area contributed by atoms with Gasteiger partial charge in [-0.25, -0.2) is 0 Å². The molecule has 4 rings (SSSR count). The van der Waals surface area contributed by atoms with Gasteiger partial charge in [-0.3, -0.25) is 4.79 Å². The molecule has 2 aromatic carbocycles. The normalized spacial score (nSPS) is 11.0. The Labute approximate surface area is 156 Å². The van der Waals surface area contributed by atoms with Crippen LogP contribution in [0.2, 0.25) is 5.02 Å². The molecule has 0 aliphatic heterocycles. The SMILES string of the molecule is O=C(c1cc2cc(Cl)ccc2[nH]1)N(Cc1ccccc1)Cc1ccco1. The summed E-state index contributed by atoms with van der Waals surface area (Å²) in [5.74, 6) is 0.658. The first-order chi connectivity index (χ1) is 12.7. The summed E-state index contributed by atoms with van der Waals surface area (Å²) < 4.78 is 5.44. The Hall–Kier alpha value is -2.98. The van der Waals surface area contributed by atoms with Crippen LogP contribution in [0, 0.1) is 0 Å². The first-order valence-electron chi connectivity index (χ1n) is 8.33. The first-order valence-corrected chi connectivity index (χ1v) is 8.71. The summed E-state index contributed by atoms with van der Waals surface area (Å²) in [6, 6.07) is 21.0. The number of aromatic amines is 1. The molecule has 0 unspecified atom stereocenters. The number of rotatable bonds is 5. The van der Waals surface area contributed by atoms with E-state index < -0.39 is 0 Å². The predicted octanol–water partition coefficient (Wildman–Crippen LogP) is 5.26. The summed E-state index contributed by atoms with van der Waals surface area (Å²) in [7, 11) is 0. The van der Waals surface area contributed by atoms with Crippen molar-refractivity contribution in [2.45, 2.75) is 13.1 Å². The van der Waals surface area contributed by atoms with E-state index in [1.165, 1.54) is 0 Å². The standard InChI is InChI=1S/C21H17ClN2O2/c22-17-8-9-19-16(11-17)12-20(23-19)21(25)24(14-18-7-4-10-26-18)13-15-5-2-1-3-6-15/h1-12,23H,13-14H2. The van der Waals surface area contributed by atoms with E-state index in [9.17, 15) is 4.79 Å². The van der Waals surface area contributed by atoms with E-state index in [2.05, 4.69) is 4.98 Å². The van der Waals surface area contributed by atoms with E-state index in [1.54, 1.807) is 17.2 Å². The number of H-pyrrole nitrogens is 1. The van der Waals surface area contributed by atoms with Gasteiger partial charge in [0.05, 0.1) is 12.8 Å². The Bertz CT molecular complexity index is 1020. The van der Waals surface area contributed by atoms with Crippen LogP contribution in [0.1, 0.15) is 21.8 Å². The molecule has 0 atom stereocenters. The molecule has 0 bridgehead atoms. The summed E-state index contributed by atoms with van der Waals surface area (Å²) in [6.07, 6.45) is 1.62. The Morgan fingerprint density at radius 1 is 1.00 bits per heavy atom. The minimum Gasteiger partial charge on any atom is -0.467 e. The number of hydrogen-bond acceptors (Lipinski definition) is 2. The number of fused-ring (bicyclic) bond motifs is 1. The van der Waals surface area contributed by atoms with Gasteiger partial charge in [-0.05, 0) is 42.0 Å². The van der Waals surface area contributed by atoms with Crippen molar-refractivity contribution in [2.24, 2.45) is 0 Å². The van der Waals surface area contributed by atoms with Gasteiger partial charge in [0, 0.05) is 22.5 Å². The van der Waals surface area contributed by atoms with Crippen LogP contribution in [0.5, 0.6) is 0 Å². The molecule has 4 aromatic rings. The zero-order valence-corrected chi connectivity index (χ0v) is 14.7. The number of hydrogen-bond donors (Lipinski definition) is 1. The quantitative estimate of drug-likeness (QED) is 0.525. The minimum atomic E-state index is -0.0856. The maximum Gasteiger partial charge on any atom is 0.271 e. The van der Waals surface area contributed by atoms with E-state index in [1.807, 2.05) is 60.7 Å². The molecule has 0 radical (unpaired) electrons. The predicted molar refractivity (Wildman–Crippen MR) is 102 cm³/mol. The number of nitrogens with one attached hydrogen (secondary N) is 1. The number of aromatic nitrogens is 1. The molecule has 2 heterocycles. The zero-order chi connectivity index (χ0) is 17.9. The van der Waals surface area contributed by atoms with Gasteiger partial charge in [0.15, 0.2) is 0 Å². The summed E-state index contributed by atoms with van der Waals surface area (Å²) in [5.41, 5.74) is 2.48. The highest BCUT2D eigenvalue weighted by Crippen LogP contribution is 2.22. The Morgan fingerprint density at radius 3 is 2.62 bits per heavy atom. The third kappa shape index (κ3) is 3.51. The number of nitrogens with zero attached hydrogens (tertiary/aromatic N) is 1. The van der Waals surface area contributed by atoms with Crippen molar-refractivity contribution in [1.29, 1.82) is 0 Å². The van der Waals surface area contributed by atoms with Crippen molar-refractivity contribution in [3.63, 3.8) is 0 Å². The fourth-order valence-corrected chi connectivity index (χ4v) is 3.16. The molecule has 0 aliphatic carbocycles. The van der Waals surface area contributed by atoms with Gasteiger partial charge in [0.25, 0.3) is 5.91 Å². The molecule has 0 saturated carbocycles. The van der Waals surface area contributed by atoms with Crippen LogP contribution in [0.3, 0.4) is 0 Å². The number of carbonyl (C=O) groups excluding carboxylic acids is 1. The molecule has 1 N–H and O–H groups in total. The molecule has 0 saturated heterocycles. The summed E-state index contributed by atoms with van der Waals surface area (Å²) >= 11 is 6.05. The van der Waals surface area contributed by atoms with E-state index >= 15 is 0 Å². The van der Waals surface area contributed by atoms with Gasteiger partial charge >= 0.3 is 0 Å². The van der Waals surface area contributed by atoms with Crippen LogP contribution in [-0.4, -0.2) is 15.8 Å². The number of benzene rings is 2. The molecule has 4 nitrogen and oxygen atoms in total. The van der Waals surface area contributed by atoms with Crippen LogP contribution in [0.4, 0.5) is 0 Å². The molecule has 0 fully saturated rings. The van der Waals surface area contributed by atoms with Crippen molar-refractivity contribution in [3.8, 4) is 0 Å². The zero-order valence-electron chi connectivity index (χ0n) is 14.0. The second kappa shape index (κ2) is 7.10. The molecule has 130 valence electrons. The number of halogens is 1. The fraction of sp³-hybridized carbons (Fsp3) is 0.0952. The van der Waals surface area contributed by atoms with Crippen LogP contribution >= 0.6 is 11.6 Å². The molecule has 0 spiro atoms. The average Bonchev–Trinajstić information content (AvgIpc) is 3.30. The largest absolute Gasteiger partial charge is 0.467 e. The summed E-state index contributed by atoms with van der Waals surface area (Å²) in [5, 5.41) is 1.56. The molecular weight excluding hydrogens is 348 g/mol. The van der Waals surface area contributed by atoms with Crippen LogP contribution < -0.4 is 0 Å². The van der Waals surface area contributed by atoms with Crippen LogP contribution in [0.15, 0.2) is 77.4 Å². The molecular formula is C21H17ClN2O2. The molecule has 0 aliphatic rings. The average molecular weight is 365 g/mol. The molecule has 2 aromatic heterocycles. The maximum atomic E-state index is 13.2. The van der Waals surface area contributed by atoms with E-state index in [4.69, 9.17) is 16.0 Å². The lowest BCUT2D eigenvalue weighted by Gasteiger charge is -2.21. The lowest BCUT2D eigenvalue weighted by molar-refractivity contribution is 0.0712. The molecule has 5 heteroatoms. The van der Waals surface area contributed by atoms with Gasteiger partial charge < -0.3 is 14.3 Å². The van der Waals surface area contributed by atoms with Crippen molar-refractivity contribution < 1.29 is 9.21 Å². The van der Waals surface area contributed by atoms with E-state index in [0.29, 0.717) is 23.8 Å². The number of amides is 1. The van der Waals surface area contributed by atoms with Crippen LogP contribution in [0.25, 0.3) is 10.9 Å². The fourth-order valence-electron chi connectivity index (χ4n) is 2.98. The third-order valence-electron chi connectivity index (χ3n) is 4.24. The Kier molecular flexibility index (Phi) is 4.50. The minimum absolute atomic E-state index is 0.0856. The second-order valence-electron chi connectivity index (χ2n) is 6.14. The lowest BCUT2D eigenvalue weighted by atomic mass is 10.2. The van der Waals surface area contributed by atoms with Gasteiger partial charge in [0.2, 0.25) is 0 Å².